The molecule has 0 nitrogen and oxygen atoms in total. The largest absolute Gasteiger partial charge is 0.119 e. The van der Waals surface area contributed by atoms with Gasteiger partial charge in [0, 0.05) is 0 Å². The molecule has 0 aromatic heterocycles. The highest BCUT2D eigenvalue weighted by Gasteiger charge is 2.21. The van der Waals surface area contributed by atoms with Crippen LogP contribution in [0, 0.1) is 0 Å². The van der Waals surface area contributed by atoms with Crippen molar-refractivity contribution in [1.82, 2.24) is 0 Å². The van der Waals surface area contributed by atoms with Crippen LogP contribution in [0.25, 0.3) is 0 Å². The molecule has 1 unspecified atom stereocenters. The van der Waals surface area contributed by atoms with E-state index in [1.54, 1.807) is 0 Å². The summed E-state index contributed by atoms with van der Waals surface area (Å²) in [5, 5.41) is 2.18. The van der Waals surface area contributed by atoms with Gasteiger partial charge in [0.25, 0.3) is 0 Å². The molecule has 11 heavy (non-hydrogen) atoms. The van der Waals surface area contributed by atoms with Gasteiger partial charge >= 0.3 is 0 Å². The monoisotopic (exact) mass is 190 g/mol. The smallest absolute Gasteiger partial charge is 0.00269 e. The zero-order valence-electron chi connectivity index (χ0n) is 7.14. The van der Waals surface area contributed by atoms with Crippen LogP contribution in [0.4, 0.5) is 0 Å². The molecular formula is C9H15ClS. The average molecular weight is 191 g/mol. The zero-order chi connectivity index (χ0) is 8.32. The summed E-state index contributed by atoms with van der Waals surface area (Å²) in [5.74, 6) is 1.16. The first-order chi connectivity index (χ1) is 5.19. The van der Waals surface area contributed by atoms with Crippen molar-refractivity contribution < 1.29 is 0 Å². The van der Waals surface area contributed by atoms with Crippen LogP contribution in [-0.4, -0.2) is 5.75 Å². The first kappa shape index (κ1) is 9.21. The van der Waals surface area contributed by atoms with E-state index in [1.165, 1.54) is 17.7 Å². The predicted molar refractivity (Wildman–Crippen MR) is 56.1 cm³/mol. The minimum absolute atomic E-state index is 0.992. The molecule has 0 aromatic carbocycles. The molecule has 0 saturated carbocycles. The van der Waals surface area contributed by atoms with Crippen molar-refractivity contribution in [2.45, 2.75) is 26.7 Å². The number of unbranched alkanes of at least 4 members (excludes halogenated alkanes) is 1. The van der Waals surface area contributed by atoms with Crippen molar-refractivity contribution in [1.29, 1.82) is 0 Å². The van der Waals surface area contributed by atoms with E-state index in [1.807, 2.05) is 0 Å². The summed E-state index contributed by atoms with van der Waals surface area (Å²) in [6, 6.07) is 0. The Labute approximate surface area is 75.1 Å². The summed E-state index contributed by atoms with van der Waals surface area (Å²) >= 11 is 0. The molecule has 0 radical (unpaired) electrons. The lowest BCUT2D eigenvalue weighted by Gasteiger charge is -2.27. The maximum atomic E-state index is 6.43. The first-order valence-electron chi connectivity index (χ1n) is 4.05. The molecule has 1 atom stereocenters. The van der Waals surface area contributed by atoms with Crippen LogP contribution in [0.15, 0.2) is 22.5 Å². The van der Waals surface area contributed by atoms with Crippen LogP contribution in [0.3, 0.4) is 0 Å². The van der Waals surface area contributed by atoms with Gasteiger partial charge in [-0.05, 0) is 29.4 Å². The van der Waals surface area contributed by atoms with Crippen molar-refractivity contribution in [2.75, 3.05) is 5.75 Å². The minimum atomic E-state index is -0.992. The van der Waals surface area contributed by atoms with Gasteiger partial charge in [0.15, 0.2) is 0 Å². The van der Waals surface area contributed by atoms with Crippen LogP contribution >= 0.6 is 19.9 Å². The summed E-state index contributed by atoms with van der Waals surface area (Å²) in [4.78, 5) is 1.37. The number of halogens is 1. The van der Waals surface area contributed by atoms with Crippen LogP contribution in [0.5, 0.6) is 0 Å². The summed E-state index contributed by atoms with van der Waals surface area (Å²) in [6.07, 6.45) is 6.71. The molecule has 0 bridgehead atoms. The van der Waals surface area contributed by atoms with Crippen molar-refractivity contribution >= 4 is 19.9 Å². The van der Waals surface area contributed by atoms with Gasteiger partial charge in [-0.2, -0.15) is 0 Å². The molecule has 0 N–H and O–H groups in total. The molecule has 0 aromatic rings. The third kappa shape index (κ3) is 2.03. The molecule has 0 amide bonds. The fourth-order valence-corrected chi connectivity index (χ4v) is 3.78. The third-order valence-electron chi connectivity index (χ3n) is 1.96. The lowest BCUT2D eigenvalue weighted by atomic mass is 10.4. The summed E-state index contributed by atoms with van der Waals surface area (Å²) in [7, 11) is 5.44. The van der Waals surface area contributed by atoms with E-state index >= 15 is 0 Å². The Morgan fingerprint density at radius 1 is 1.55 bits per heavy atom. The van der Waals surface area contributed by atoms with Crippen LogP contribution in [0.1, 0.15) is 26.7 Å². The molecule has 0 fully saturated rings. The Kier molecular flexibility index (Phi) is 3.08. The van der Waals surface area contributed by atoms with E-state index < -0.39 is 9.24 Å². The van der Waals surface area contributed by atoms with E-state index in [0.29, 0.717) is 0 Å². The normalized spacial score (nSPS) is 35.0. The summed E-state index contributed by atoms with van der Waals surface area (Å²) in [5.41, 5.74) is 0. The molecule has 1 rings (SSSR count). The van der Waals surface area contributed by atoms with Gasteiger partial charge in [-0.25, -0.2) is 0 Å². The Morgan fingerprint density at radius 2 is 2.27 bits per heavy atom. The second-order valence-electron chi connectivity index (χ2n) is 2.87. The average Bonchev–Trinajstić information content (AvgIpc) is 2.30. The highest BCUT2D eigenvalue weighted by atomic mass is 35.7. The Bertz CT molecular complexity index is 196. The standard InChI is InChI=1S/C9H15ClS/c1-3-4-7-11(10)8-5-6-9(11)2/h5-6,8H,3-4,7H2,1-2H3. The van der Waals surface area contributed by atoms with Gasteiger partial charge in [0.2, 0.25) is 0 Å². The van der Waals surface area contributed by atoms with E-state index in [0.717, 1.165) is 5.75 Å². The zero-order valence-corrected chi connectivity index (χ0v) is 8.71. The second kappa shape index (κ2) is 3.68. The van der Waals surface area contributed by atoms with Gasteiger partial charge in [-0.15, -0.1) is 9.24 Å². The number of hydrogen-bond acceptors (Lipinski definition) is 0. The molecule has 2 heteroatoms. The third-order valence-corrected chi connectivity index (χ3v) is 6.14. The molecule has 1 aliphatic heterocycles. The maximum Gasteiger partial charge on any atom is -0.00269 e. The predicted octanol–water partition coefficient (Wildman–Crippen LogP) is 4.18. The van der Waals surface area contributed by atoms with Crippen molar-refractivity contribution in [3.63, 3.8) is 0 Å². The summed E-state index contributed by atoms with van der Waals surface area (Å²) in [6.45, 7) is 4.34. The van der Waals surface area contributed by atoms with Crippen molar-refractivity contribution in [3.8, 4) is 0 Å². The topological polar surface area (TPSA) is 0 Å². The van der Waals surface area contributed by atoms with Gasteiger partial charge in [-0.1, -0.05) is 36.2 Å². The van der Waals surface area contributed by atoms with E-state index in [9.17, 15) is 0 Å². The lowest BCUT2D eigenvalue weighted by molar-refractivity contribution is 0.895. The minimum Gasteiger partial charge on any atom is -0.119 e. The van der Waals surface area contributed by atoms with Crippen LogP contribution in [0.2, 0.25) is 0 Å². The number of allylic oxidation sites excluding steroid dienone is 3. The van der Waals surface area contributed by atoms with Crippen molar-refractivity contribution in [2.24, 2.45) is 0 Å². The number of rotatable bonds is 3. The molecule has 1 aliphatic rings. The molecule has 64 valence electrons. The molecular weight excluding hydrogens is 176 g/mol. The first-order valence-corrected chi connectivity index (χ1v) is 6.74. The number of hydrogen-bond donors (Lipinski definition) is 0. The van der Waals surface area contributed by atoms with Crippen molar-refractivity contribution in [3.05, 3.63) is 22.5 Å². The molecule has 1 heterocycles. The maximum absolute atomic E-state index is 6.43. The van der Waals surface area contributed by atoms with Crippen LogP contribution in [-0.2, 0) is 0 Å². The highest BCUT2D eigenvalue weighted by molar-refractivity contribution is 8.55. The fraction of sp³-hybridized carbons (Fsp3) is 0.556. The van der Waals surface area contributed by atoms with E-state index in [4.69, 9.17) is 10.7 Å². The van der Waals surface area contributed by atoms with Gasteiger partial charge in [0.1, 0.15) is 0 Å². The lowest BCUT2D eigenvalue weighted by Crippen LogP contribution is -1.93. The van der Waals surface area contributed by atoms with Crippen LogP contribution < -0.4 is 0 Å². The Hall–Kier alpha value is 0.120. The molecule has 0 aliphatic carbocycles. The highest BCUT2D eigenvalue weighted by Crippen LogP contribution is 2.64. The SMILES string of the molecule is CCCCS1(Cl)C=CC=C1C. The van der Waals surface area contributed by atoms with Gasteiger partial charge < -0.3 is 0 Å². The van der Waals surface area contributed by atoms with Gasteiger partial charge in [0.05, 0.1) is 0 Å². The van der Waals surface area contributed by atoms with E-state index in [-0.39, 0.29) is 0 Å². The van der Waals surface area contributed by atoms with Gasteiger partial charge in [-0.3, -0.25) is 0 Å². The second-order valence-corrected chi connectivity index (χ2v) is 7.25. The molecule has 0 spiro atoms. The molecule has 0 saturated heterocycles. The Balaban J connectivity index is 2.53. The Morgan fingerprint density at radius 3 is 2.73 bits per heavy atom. The quantitative estimate of drug-likeness (QED) is 0.627. The summed E-state index contributed by atoms with van der Waals surface area (Å²) < 4.78 is 0. The fourth-order valence-electron chi connectivity index (χ4n) is 1.10. The van der Waals surface area contributed by atoms with E-state index in [2.05, 4.69) is 31.4 Å².